The maximum absolute atomic E-state index is 13.3. The quantitative estimate of drug-likeness (QED) is 0.473. The highest BCUT2D eigenvalue weighted by molar-refractivity contribution is 5.91. The number of carbonyl (C=O) groups excluding carboxylic acids is 1. The molecule has 3 fully saturated rings. The van der Waals surface area contributed by atoms with Gasteiger partial charge in [-0.1, -0.05) is 6.08 Å². The first kappa shape index (κ1) is 23.2. The molecular formula is C28H32N4O3. The summed E-state index contributed by atoms with van der Waals surface area (Å²) in [4.78, 5) is 20.3. The number of piperidine rings is 3. The Bertz CT molecular complexity index is 1210. The van der Waals surface area contributed by atoms with Crippen LogP contribution >= 0.6 is 0 Å². The molecular weight excluding hydrogens is 440 g/mol. The zero-order chi connectivity index (χ0) is 24.4. The molecule has 0 saturated carbocycles. The Morgan fingerprint density at radius 1 is 1.14 bits per heavy atom. The summed E-state index contributed by atoms with van der Waals surface area (Å²) in [7, 11) is 3.29. The second-order valence-electron chi connectivity index (χ2n) is 9.33. The number of hydrogen-bond acceptors (Lipinski definition) is 5. The number of benzene rings is 2. The molecule has 2 amide bonds. The van der Waals surface area contributed by atoms with Crippen molar-refractivity contribution in [2.45, 2.75) is 24.9 Å². The van der Waals surface area contributed by atoms with E-state index in [1.165, 1.54) is 6.42 Å². The Morgan fingerprint density at radius 2 is 1.91 bits per heavy atom. The summed E-state index contributed by atoms with van der Waals surface area (Å²) in [6, 6.07) is 15.0. The summed E-state index contributed by atoms with van der Waals surface area (Å²) < 4.78 is 10.7. The normalized spacial score (nSPS) is 23.9. The third-order valence-corrected chi connectivity index (χ3v) is 7.49. The van der Waals surface area contributed by atoms with E-state index in [4.69, 9.17) is 9.47 Å². The van der Waals surface area contributed by atoms with Crippen molar-refractivity contribution in [2.75, 3.05) is 32.6 Å². The van der Waals surface area contributed by atoms with E-state index in [0.717, 1.165) is 47.5 Å². The predicted molar refractivity (Wildman–Crippen MR) is 138 cm³/mol. The molecule has 182 valence electrons. The summed E-state index contributed by atoms with van der Waals surface area (Å²) in [5.74, 6) is 2.60. The van der Waals surface area contributed by atoms with Gasteiger partial charge in [0.25, 0.3) is 0 Å². The second-order valence-corrected chi connectivity index (χ2v) is 9.33. The molecule has 2 N–H and O–H groups in total. The van der Waals surface area contributed by atoms with E-state index in [1.807, 2.05) is 54.7 Å². The Labute approximate surface area is 206 Å². The van der Waals surface area contributed by atoms with Gasteiger partial charge >= 0.3 is 6.03 Å². The summed E-state index contributed by atoms with van der Waals surface area (Å²) in [5, 5.41) is 7.29. The molecule has 3 unspecified atom stereocenters. The highest BCUT2D eigenvalue weighted by atomic mass is 16.5. The molecule has 0 radical (unpaired) electrons. The van der Waals surface area contributed by atoms with Gasteiger partial charge in [-0.05, 0) is 85.3 Å². The van der Waals surface area contributed by atoms with Crippen LogP contribution in [0.3, 0.4) is 0 Å². The number of anilines is 1. The van der Waals surface area contributed by atoms with Gasteiger partial charge in [0, 0.05) is 29.9 Å². The monoisotopic (exact) mass is 472 g/mol. The van der Waals surface area contributed by atoms with Gasteiger partial charge in [-0.15, -0.1) is 6.58 Å². The number of nitrogens with zero attached hydrogens (tertiary/aromatic N) is 2. The Hall–Kier alpha value is -3.58. The van der Waals surface area contributed by atoms with Crippen molar-refractivity contribution in [3.63, 3.8) is 0 Å². The molecule has 1 aromatic heterocycles. The van der Waals surface area contributed by atoms with E-state index in [1.54, 1.807) is 14.2 Å². The Kier molecular flexibility index (Phi) is 6.59. The number of methoxy groups -OCH3 is 2. The molecule has 3 aliphatic rings. The van der Waals surface area contributed by atoms with Gasteiger partial charge in [-0.25, -0.2) is 4.79 Å². The number of fused-ring (bicyclic) bond motifs is 4. The predicted octanol–water partition coefficient (Wildman–Crippen LogP) is 5.01. The molecule has 0 aliphatic carbocycles. The number of carbonyl (C=O) groups is 1. The highest BCUT2D eigenvalue weighted by Gasteiger charge is 2.43. The van der Waals surface area contributed by atoms with E-state index in [0.29, 0.717) is 17.5 Å². The molecule has 7 heteroatoms. The van der Waals surface area contributed by atoms with E-state index in [-0.39, 0.29) is 18.1 Å². The molecule has 2 aromatic carbocycles. The molecule has 35 heavy (non-hydrogen) atoms. The molecule has 3 aromatic rings. The number of hydrogen-bond donors (Lipinski definition) is 2. The smallest absolute Gasteiger partial charge is 0.319 e. The fraction of sp³-hybridized carbons (Fsp3) is 0.357. The number of rotatable bonds is 7. The van der Waals surface area contributed by atoms with E-state index >= 15 is 0 Å². The lowest BCUT2D eigenvalue weighted by Gasteiger charge is -2.51. The zero-order valence-corrected chi connectivity index (χ0v) is 20.2. The lowest BCUT2D eigenvalue weighted by atomic mass is 9.73. The minimum absolute atomic E-state index is 0.184. The summed E-state index contributed by atoms with van der Waals surface area (Å²) in [6.07, 6.45) is 6.10. The summed E-state index contributed by atoms with van der Waals surface area (Å²) in [6.45, 7) is 6.07. The van der Waals surface area contributed by atoms with Crippen LogP contribution in [0.2, 0.25) is 0 Å². The van der Waals surface area contributed by atoms with Crippen LogP contribution in [0.1, 0.15) is 24.4 Å². The maximum atomic E-state index is 13.3. The van der Waals surface area contributed by atoms with Gasteiger partial charge in [0.2, 0.25) is 0 Å². The van der Waals surface area contributed by atoms with Crippen molar-refractivity contribution >= 4 is 22.6 Å². The lowest BCUT2D eigenvalue weighted by molar-refractivity contribution is 0.00340. The van der Waals surface area contributed by atoms with Crippen molar-refractivity contribution in [3.8, 4) is 11.5 Å². The molecule has 2 bridgehead atoms. The first-order valence-corrected chi connectivity index (χ1v) is 12.1. The minimum atomic E-state index is -0.240. The van der Waals surface area contributed by atoms with Crippen molar-refractivity contribution < 1.29 is 14.3 Å². The Balaban J connectivity index is 1.48. The first-order chi connectivity index (χ1) is 17.1. The molecule has 7 nitrogen and oxygen atoms in total. The number of ether oxygens (including phenoxy) is 2. The fourth-order valence-corrected chi connectivity index (χ4v) is 5.63. The van der Waals surface area contributed by atoms with Crippen molar-refractivity contribution in [1.82, 2.24) is 15.2 Å². The molecule has 5 atom stereocenters. The maximum Gasteiger partial charge on any atom is 0.319 e. The standard InChI is InChI=1S/C28H32N4O3/c1-4-18-17-32-14-12-19(18)15-26(32)27(31-28(33)30-20-5-7-21(34-2)8-6-20)23-11-13-29-25-10-9-22(35-3)16-24(23)25/h4-11,13,16,18-19,26-27H,1,12,14-15,17H2,2-3H3,(H2,30,31,33)/t18?,19?,26-,27-/m0/s1. The van der Waals surface area contributed by atoms with Crippen molar-refractivity contribution in [1.29, 1.82) is 0 Å². The average molecular weight is 473 g/mol. The van der Waals surface area contributed by atoms with Crippen LogP contribution in [0.15, 0.2) is 67.4 Å². The van der Waals surface area contributed by atoms with Gasteiger partial charge in [-0.2, -0.15) is 0 Å². The van der Waals surface area contributed by atoms with Gasteiger partial charge in [0.05, 0.1) is 25.8 Å². The highest BCUT2D eigenvalue weighted by Crippen LogP contribution is 2.42. The number of amides is 2. The number of aromatic nitrogens is 1. The van der Waals surface area contributed by atoms with Crippen molar-refractivity contribution in [2.24, 2.45) is 11.8 Å². The first-order valence-electron chi connectivity index (χ1n) is 12.1. The zero-order valence-electron chi connectivity index (χ0n) is 20.2. The van der Waals surface area contributed by atoms with Gasteiger partial charge in [0.1, 0.15) is 11.5 Å². The van der Waals surface area contributed by atoms with Crippen LogP contribution < -0.4 is 20.1 Å². The summed E-state index contributed by atoms with van der Waals surface area (Å²) >= 11 is 0. The lowest BCUT2D eigenvalue weighted by Crippen LogP contribution is -2.57. The topological polar surface area (TPSA) is 75.7 Å². The van der Waals surface area contributed by atoms with Crippen LogP contribution in [0.25, 0.3) is 10.9 Å². The van der Waals surface area contributed by atoms with Gasteiger partial charge in [0.15, 0.2) is 0 Å². The van der Waals surface area contributed by atoms with Crippen LogP contribution in [0.4, 0.5) is 10.5 Å². The van der Waals surface area contributed by atoms with Crippen LogP contribution in [0.5, 0.6) is 11.5 Å². The Morgan fingerprint density at radius 3 is 2.60 bits per heavy atom. The SMILES string of the molecule is C=CC1CN2CCC1C[C@H]2[C@@H](NC(=O)Nc1ccc(OC)cc1)c1ccnc2ccc(OC)cc12. The molecule has 0 spiro atoms. The third kappa shape index (κ3) is 4.68. The average Bonchev–Trinajstić information content (AvgIpc) is 2.91. The van der Waals surface area contributed by atoms with E-state index < -0.39 is 0 Å². The molecule has 6 rings (SSSR count). The molecule has 3 aliphatic heterocycles. The second kappa shape index (κ2) is 9.96. The summed E-state index contributed by atoms with van der Waals surface area (Å²) in [5.41, 5.74) is 2.64. The largest absolute Gasteiger partial charge is 0.497 e. The number of urea groups is 1. The van der Waals surface area contributed by atoms with Crippen LogP contribution in [-0.2, 0) is 0 Å². The van der Waals surface area contributed by atoms with Crippen molar-refractivity contribution in [3.05, 3.63) is 72.9 Å². The molecule has 3 saturated heterocycles. The van der Waals surface area contributed by atoms with Crippen LogP contribution in [0, 0.1) is 11.8 Å². The van der Waals surface area contributed by atoms with Crippen LogP contribution in [-0.4, -0.2) is 49.3 Å². The number of nitrogens with one attached hydrogen (secondary N) is 2. The minimum Gasteiger partial charge on any atom is -0.497 e. The van der Waals surface area contributed by atoms with Gasteiger partial charge < -0.3 is 20.1 Å². The number of pyridine rings is 1. The molecule has 4 heterocycles. The van der Waals surface area contributed by atoms with E-state index in [9.17, 15) is 4.79 Å². The fourth-order valence-electron chi connectivity index (χ4n) is 5.63. The van der Waals surface area contributed by atoms with E-state index in [2.05, 4.69) is 33.2 Å². The van der Waals surface area contributed by atoms with Gasteiger partial charge in [-0.3, -0.25) is 9.88 Å². The third-order valence-electron chi connectivity index (χ3n) is 7.49.